The molecule has 1 aromatic heterocycles. The van der Waals surface area contributed by atoms with Gasteiger partial charge in [-0.25, -0.2) is 14.2 Å². The lowest BCUT2D eigenvalue weighted by atomic mass is 10.0. The molecule has 0 saturated heterocycles. The summed E-state index contributed by atoms with van der Waals surface area (Å²) in [5, 5.41) is 2.90. The summed E-state index contributed by atoms with van der Waals surface area (Å²) in [4.78, 5) is 20.2. The van der Waals surface area contributed by atoms with Crippen molar-refractivity contribution in [1.82, 2.24) is 15.3 Å². The molecule has 5 nitrogen and oxygen atoms in total. The molecule has 0 unspecified atom stereocenters. The number of amides is 1. The van der Waals surface area contributed by atoms with Gasteiger partial charge in [-0.2, -0.15) is 0 Å². The van der Waals surface area contributed by atoms with Crippen molar-refractivity contribution in [3.8, 4) is 0 Å². The molecular weight excluding hydrogens is 345 g/mol. The second kappa shape index (κ2) is 7.78. The lowest BCUT2D eigenvalue weighted by Crippen LogP contribution is -2.36. The van der Waals surface area contributed by atoms with Crippen LogP contribution >= 0.6 is 0 Å². The lowest BCUT2D eigenvalue weighted by molar-refractivity contribution is 0.0501. The minimum absolute atomic E-state index is 0.400. The molecule has 0 bridgehead atoms. The van der Waals surface area contributed by atoms with Crippen molar-refractivity contribution in [2.75, 3.05) is 0 Å². The molecule has 2 N–H and O–H groups in total. The van der Waals surface area contributed by atoms with Gasteiger partial charge in [0.05, 0.1) is 17.1 Å². The smallest absolute Gasteiger partial charge is 0.408 e. The van der Waals surface area contributed by atoms with Gasteiger partial charge in [-0.05, 0) is 44.0 Å². The number of nitrogens with one attached hydrogen (secondary N) is 2. The number of imidazole rings is 1. The fourth-order valence-electron chi connectivity index (χ4n) is 2.80. The predicted octanol–water partition coefficient (Wildman–Crippen LogP) is 4.84. The van der Waals surface area contributed by atoms with Gasteiger partial charge in [-0.3, -0.25) is 0 Å². The zero-order chi connectivity index (χ0) is 19.4. The van der Waals surface area contributed by atoms with Crippen LogP contribution in [0.4, 0.5) is 9.18 Å². The van der Waals surface area contributed by atoms with Crippen LogP contribution in [0.1, 0.15) is 43.8 Å². The van der Waals surface area contributed by atoms with E-state index >= 15 is 0 Å². The zero-order valence-corrected chi connectivity index (χ0v) is 15.8. The van der Waals surface area contributed by atoms with E-state index in [0.29, 0.717) is 17.8 Å². The van der Waals surface area contributed by atoms with E-state index in [-0.39, 0.29) is 0 Å². The molecule has 3 rings (SSSR count). The van der Waals surface area contributed by atoms with Crippen LogP contribution in [0.25, 0.3) is 11.0 Å². The fourth-order valence-corrected chi connectivity index (χ4v) is 2.80. The van der Waals surface area contributed by atoms with Gasteiger partial charge in [0.2, 0.25) is 0 Å². The molecule has 0 aliphatic carbocycles. The number of halogens is 1. The molecule has 0 fully saturated rings. The van der Waals surface area contributed by atoms with Gasteiger partial charge < -0.3 is 15.0 Å². The Kier molecular flexibility index (Phi) is 5.44. The number of fused-ring (bicyclic) bond motifs is 1. The summed E-state index contributed by atoms with van der Waals surface area (Å²) in [5.41, 5.74) is 2.73. The normalized spacial score (nSPS) is 12.7. The van der Waals surface area contributed by atoms with Crippen molar-refractivity contribution < 1.29 is 13.9 Å². The number of benzene rings is 2. The summed E-state index contributed by atoms with van der Waals surface area (Å²) in [5.74, 6) is 0.650. The van der Waals surface area contributed by atoms with Crippen LogP contribution in [0, 0.1) is 0 Å². The van der Waals surface area contributed by atoms with Crippen molar-refractivity contribution in [1.29, 1.82) is 0 Å². The van der Waals surface area contributed by atoms with E-state index in [0.717, 1.165) is 16.6 Å². The second-order valence-corrected chi connectivity index (χ2v) is 7.49. The van der Waals surface area contributed by atoms with Crippen LogP contribution in [-0.2, 0) is 17.8 Å². The molecular formula is C21H24FN3O2. The SMILES string of the molecule is CC(C)(C)OC(=O)N[C@H](Cc1ccc(CF)cc1)c1nc2ccccc2[nH]1. The third kappa shape index (κ3) is 5.06. The van der Waals surface area contributed by atoms with Gasteiger partial charge in [-0.1, -0.05) is 36.4 Å². The van der Waals surface area contributed by atoms with Crippen LogP contribution in [0.2, 0.25) is 0 Å². The third-order valence-corrected chi connectivity index (χ3v) is 4.05. The largest absolute Gasteiger partial charge is 0.444 e. The van der Waals surface area contributed by atoms with Crippen molar-refractivity contribution in [2.24, 2.45) is 0 Å². The Hall–Kier alpha value is -2.89. The van der Waals surface area contributed by atoms with Gasteiger partial charge >= 0.3 is 6.09 Å². The molecule has 0 aliphatic heterocycles. The van der Waals surface area contributed by atoms with E-state index in [1.807, 2.05) is 57.2 Å². The molecule has 1 atom stereocenters. The number of ether oxygens (including phenoxy) is 1. The standard InChI is InChI=1S/C21H24FN3O2/c1-21(2,3)27-20(26)25-18(12-14-8-10-15(13-22)11-9-14)19-23-16-6-4-5-7-17(16)24-19/h4-11,18H,12-13H2,1-3H3,(H,23,24)(H,25,26)/t18-/m1/s1. The van der Waals surface area contributed by atoms with Crippen molar-refractivity contribution in [2.45, 2.75) is 45.5 Å². The first-order valence-electron chi connectivity index (χ1n) is 8.92. The molecule has 0 spiro atoms. The number of rotatable bonds is 5. The summed E-state index contributed by atoms with van der Waals surface area (Å²) in [7, 11) is 0. The number of H-pyrrole nitrogens is 1. The number of aromatic nitrogens is 2. The number of carbonyl (C=O) groups is 1. The quantitative estimate of drug-likeness (QED) is 0.676. The molecule has 27 heavy (non-hydrogen) atoms. The number of alkyl halides is 1. The van der Waals surface area contributed by atoms with E-state index in [9.17, 15) is 9.18 Å². The molecule has 0 aliphatic rings. The number of carbonyl (C=O) groups excluding carboxylic acids is 1. The van der Waals surface area contributed by atoms with E-state index in [4.69, 9.17) is 4.74 Å². The topological polar surface area (TPSA) is 67.0 Å². The number of hydrogen-bond acceptors (Lipinski definition) is 3. The van der Waals surface area contributed by atoms with Crippen LogP contribution in [0.3, 0.4) is 0 Å². The van der Waals surface area contributed by atoms with Crippen molar-refractivity contribution in [3.05, 3.63) is 65.5 Å². The maximum Gasteiger partial charge on any atom is 0.408 e. The van der Waals surface area contributed by atoms with E-state index in [1.54, 1.807) is 12.1 Å². The Morgan fingerprint density at radius 2 is 1.81 bits per heavy atom. The minimum atomic E-state index is -0.592. The van der Waals surface area contributed by atoms with Crippen molar-refractivity contribution >= 4 is 17.1 Å². The molecule has 2 aromatic carbocycles. The summed E-state index contributed by atoms with van der Waals surface area (Å²) >= 11 is 0. The number of hydrogen-bond donors (Lipinski definition) is 2. The minimum Gasteiger partial charge on any atom is -0.444 e. The first kappa shape index (κ1) is 18.9. The average Bonchev–Trinajstić information content (AvgIpc) is 3.04. The Balaban J connectivity index is 1.86. The first-order valence-corrected chi connectivity index (χ1v) is 8.92. The highest BCUT2D eigenvalue weighted by Crippen LogP contribution is 2.21. The maximum atomic E-state index is 12.7. The predicted molar refractivity (Wildman–Crippen MR) is 103 cm³/mol. The van der Waals surface area contributed by atoms with Gasteiger partial charge in [0.1, 0.15) is 18.1 Å². The lowest BCUT2D eigenvalue weighted by Gasteiger charge is -2.23. The van der Waals surface area contributed by atoms with Crippen LogP contribution < -0.4 is 5.32 Å². The Bertz CT molecular complexity index is 880. The Morgan fingerprint density at radius 1 is 1.15 bits per heavy atom. The van der Waals surface area contributed by atoms with Crippen LogP contribution in [-0.4, -0.2) is 21.7 Å². The van der Waals surface area contributed by atoms with Gasteiger partial charge in [0.25, 0.3) is 0 Å². The van der Waals surface area contributed by atoms with Crippen molar-refractivity contribution in [3.63, 3.8) is 0 Å². The maximum absolute atomic E-state index is 12.7. The summed E-state index contributed by atoms with van der Waals surface area (Å²) in [6.45, 7) is 4.96. The van der Waals surface area contributed by atoms with Crippen LogP contribution in [0.5, 0.6) is 0 Å². The summed E-state index contributed by atoms with van der Waals surface area (Å²) < 4.78 is 18.1. The van der Waals surface area contributed by atoms with E-state index < -0.39 is 24.4 Å². The summed E-state index contributed by atoms with van der Waals surface area (Å²) in [6.07, 6.45) is -0.000586. The molecule has 0 radical (unpaired) electrons. The summed E-state index contributed by atoms with van der Waals surface area (Å²) in [6, 6.07) is 14.5. The molecule has 1 heterocycles. The van der Waals surface area contributed by atoms with Gasteiger partial charge in [0.15, 0.2) is 0 Å². The van der Waals surface area contributed by atoms with Gasteiger partial charge in [0, 0.05) is 6.42 Å². The monoisotopic (exact) mass is 369 g/mol. The number of para-hydroxylation sites is 2. The highest BCUT2D eigenvalue weighted by molar-refractivity contribution is 5.75. The van der Waals surface area contributed by atoms with E-state index in [1.165, 1.54) is 0 Å². The van der Waals surface area contributed by atoms with E-state index in [2.05, 4.69) is 15.3 Å². The number of nitrogens with zero attached hydrogens (tertiary/aromatic N) is 1. The molecule has 3 aromatic rings. The zero-order valence-electron chi connectivity index (χ0n) is 15.8. The molecule has 1 amide bonds. The molecule has 6 heteroatoms. The molecule has 142 valence electrons. The fraction of sp³-hybridized carbons (Fsp3) is 0.333. The highest BCUT2D eigenvalue weighted by atomic mass is 19.1. The molecule has 0 saturated carbocycles. The number of aromatic amines is 1. The third-order valence-electron chi connectivity index (χ3n) is 4.05. The number of alkyl carbamates (subject to hydrolysis) is 1. The Morgan fingerprint density at radius 3 is 2.44 bits per heavy atom. The Labute approximate surface area is 158 Å². The highest BCUT2D eigenvalue weighted by Gasteiger charge is 2.23. The second-order valence-electron chi connectivity index (χ2n) is 7.49. The first-order chi connectivity index (χ1) is 12.8. The average molecular weight is 369 g/mol. The van der Waals surface area contributed by atoms with Gasteiger partial charge in [-0.15, -0.1) is 0 Å². The van der Waals surface area contributed by atoms with Crippen LogP contribution in [0.15, 0.2) is 48.5 Å².